The van der Waals surface area contributed by atoms with Crippen LogP contribution >= 0.6 is 11.3 Å². The molecule has 0 unspecified atom stereocenters. The zero-order valence-corrected chi connectivity index (χ0v) is 9.07. The number of aliphatic hydroxyl groups is 1. The molecule has 3 N–H and O–H groups in total. The van der Waals surface area contributed by atoms with E-state index < -0.39 is 0 Å². The van der Waals surface area contributed by atoms with E-state index in [4.69, 9.17) is 10.8 Å². The number of rotatable bonds is 4. The van der Waals surface area contributed by atoms with E-state index >= 15 is 0 Å². The highest BCUT2D eigenvalue weighted by Crippen LogP contribution is 2.21. The largest absolute Gasteiger partial charge is 0.394 e. The molecule has 15 heavy (non-hydrogen) atoms. The molecule has 0 amide bonds. The summed E-state index contributed by atoms with van der Waals surface area (Å²) in [6.45, 7) is 1.02. The molecular weight excluding hydrogens is 210 g/mol. The first kappa shape index (κ1) is 10.4. The van der Waals surface area contributed by atoms with Crippen molar-refractivity contribution in [3.8, 4) is 11.3 Å². The van der Waals surface area contributed by atoms with Crippen molar-refractivity contribution in [1.82, 2.24) is 9.78 Å². The number of hydrogen-bond donors (Lipinski definition) is 2. The first-order valence-electron chi connectivity index (χ1n) is 4.75. The van der Waals surface area contributed by atoms with Crippen molar-refractivity contribution in [2.24, 2.45) is 5.73 Å². The average molecular weight is 223 g/mol. The molecule has 0 aliphatic heterocycles. The van der Waals surface area contributed by atoms with Gasteiger partial charge in [-0.2, -0.15) is 16.4 Å². The van der Waals surface area contributed by atoms with Crippen LogP contribution < -0.4 is 5.73 Å². The first-order valence-corrected chi connectivity index (χ1v) is 5.69. The maximum atomic E-state index is 8.88. The van der Waals surface area contributed by atoms with Crippen molar-refractivity contribution in [3.05, 3.63) is 28.6 Å². The fraction of sp³-hybridized carbons (Fsp3) is 0.300. The van der Waals surface area contributed by atoms with Gasteiger partial charge in [0.05, 0.1) is 24.5 Å². The molecule has 0 saturated heterocycles. The van der Waals surface area contributed by atoms with Gasteiger partial charge in [0, 0.05) is 17.5 Å². The van der Waals surface area contributed by atoms with E-state index in [1.165, 1.54) is 0 Å². The standard InChI is InChI=1S/C10H13N3OS/c11-6-9-5-10(8-1-4-15-7-8)12-13(9)2-3-14/h1,4-5,7,14H,2-3,6,11H2. The Morgan fingerprint density at radius 2 is 2.40 bits per heavy atom. The molecule has 0 bridgehead atoms. The summed E-state index contributed by atoms with van der Waals surface area (Å²) in [5.41, 5.74) is 8.58. The topological polar surface area (TPSA) is 64.1 Å². The van der Waals surface area contributed by atoms with Gasteiger partial charge in [-0.25, -0.2) is 0 Å². The normalized spacial score (nSPS) is 10.8. The van der Waals surface area contributed by atoms with E-state index in [1.807, 2.05) is 22.9 Å². The van der Waals surface area contributed by atoms with E-state index in [9.17, 15) is 0 Å². The molecule has 2 heterocycles. The van der Waals surface area contributed by atoms with Gasteiger partial charge in [-0.15, -0.1) is 0 Å². The minimum atomic E-state index is 0.0811. The molecule has 2 aromatic rings. The minimum absolute atomic E-state index is 0.0811. The Morgan fingerprint density at radius 3 is 3.00 bits per heavy atom. The van der Waals surface area contributed by atoms with Gasteiger partial charge >= 0.3 is 0 Å². The Bertz CT molecular complexity index is 422. The molecule has 0 radical (unpaired) electrons. The molecule has 4 nitrogen and oxygen atoms in total. The number of aromatic nitrogens is 2. The highest BCUT2D eigenvalue weighted by molar-refractivity contribution is 7.08. The Kier molecular flexibility index (Phi) is 3.15. The lowest BCUT2D eigenvalue weighted by molar-refractivity contribution is 0.267. The van der Waals surface area contributed by atoms with E-state index in [-0.39, 0.29) is 6.61 Å². The number of hydrogen-bond acceptors (Lipinski definition) is 4. The third kappa shape index (κ3) is 2.09. The van der Waals surface area contributed by atoms with Crippen molar-refractivity contribution in [2.45, 2.75) is 13.1 Å². The van der Waals surface area contributed by atoms with Gasteiger partial charge in [-0.3, -0.25) is 4.68 Å². The van der Waals surface area contributed by atoms with Crippen LogP contribution in [0.25, 0.3) is 11.3 Å². The van der Waals surface area contributed by atoms with Gasteiger partial charge < -0.3 is 10.8 Å². The monoisotopic (exact) mass is 223 g/mol. The van der Waals surface area contributed by atoms with Crippen LogP contribution in [0.5, 0.6) is 0 Å². The third-order valence-corrected chi connectivity index (χ3v) is 2.88. The molecule has 80 valence electrons. The van der Waals surface area contributed by atoms with Crippen LogP contribution in [0, 0.1) is 0 Å². The summed E-state index contributed by atoms with van der Waals surface area (Å²) in [5, 5.41) is 17.3. The van der Waals surface area contributed by atoms with Crippen molar-refractivity contribution in [3.63, 3.8) is 0 Å². The second kappa shape index (κ2) is 4.57. The van der Waals surface area contributed by atoms with Crippen molar-refractivity contribution >= 4 is 11.3 Å². The number of nitrogens with zero attached hydrogens (tertiary/aromatic N) is 2. The van der Waals surface area contributed by atoms with Crippen LogP contribution in [0.1, 0.15) is 5.69 Å². The Labute approximate surface area is 92.0 Å². The molecular formula is C10H13N3OS. The zero-order valence-electron chi connectivity index (χ0n) is 8.26. The van der Waals surface area contributed by atoms with E-state index in [2.05, 4.69) is 5.10 Å². The summed E-state index contributed by atoms with van der Waals surface area (Å²) in [5.74, 6) is 0. The van der Waals surface area contributed by atoms with Gasteiger partial charge in [-0.1, -0.05) is 0 Å². The zero-order chi connectivity index (χ0) is 10.7. The quantitative estimate of drug-likeness (QED) is 0.814. The Balaban J connectivity index is 2.34. The van der Waals surface area contributed by atoms with E-state index in [1.54, 1.807) is 16.0 Å². The molecule has 0 aliphatic rings. The van der Waals surface area contributed by atoms with Crippen molar-refractivity contribution in [1.29, 1.82) is 0 Å². The molecule has 0 saturated carbocycles. The predicted molar refractivity (Wildman–Crippen MR) is 60.5 cm³/mol. The van der Waals surface area contributed by atoms with Gasteiger partial charge in [0.15, 0.2) is 0 Å². The summed E-state index contributed by atoms with van der Waals surface area (Å²) in [4.78, 5) is 0. The Morgan fingerprint density at radius 1 is 1.53 bits per heavy atom. The van der Waals surface area contributed by atoms with Crippen LogP contribution in [0.15, 0.2) is 22.9 Å². The molecule has 2 rings (SSSR count). The van der Waals surface area contributed by atoms with Gasteiger partial charge in [0.2, 0.25) is 0 Å². The van der Waals surface area contributed by atoms with Crippen LogP contribution in [0.4, 0.5) is 0 Å². The van der Waals surface area contributed by atoms with Crippen LogP contribution in [-0.2, 0) is 13.1 Å². The summed E-state index contributed by atoms with van der Waals surface area (Å²) >= 11 is 1.64. The highest BCUT2D eigenvalue weighted by Gasteiger charge is 2.07. The molecule has 0 aromatic carbocycles. The summed E-state index contributed by atoms with van der Waals surface area (Å²) < 4.78 is 1.76. The molecule has 0 fully saturated rings. The molecule has 5 heteroatoms. The lowest BCUT2D eigenvalue weighted by Gasteiger charge is -2.01. The van der Waals surface area contributed by atoms with E-state index in [0.717, 1.165) is 17.0 Å². The molecule has 0 spiro atoms. The minimum Gasteiger partial charge on any atom is -0.394 e. The van der Waals surface area contributed by atoms with Gasteiger partial charge in [-0.05, 0) is 17.5 Å². The van der Waals surface area contributed by atoms with Gasteiger partial charge in [0.25, 0.3) is 0 Å². The maximum absolute atomic E-state index is 8.88. The third-order valence-electron chi connectivity index (χ3n) is 2.20. The fourth-order valence-electron chi connectivity index (χ4n) is 1.46. The van der Waals surface area contributed by atoms with E-state index in [0.29, 0.717) is 13.1 Å². The van der Waals surface area contributed by atoms with Crippen LogP contribution in [0.2, 0.25) is 0 Å². The number of aliphatic hydroxyl groups excluding tert-OH is 1. The smallest absolute Gasteiger partial charge is 0.0934 e. The van der Waals surface area contributed by atoms with Gasteiger partial charge in [0.1, 0.15) is 0 Å². The maximum Gasteiger partial charge on any atom is 0.0934 e. The summed E-state index contributed by atoms with van der Waals surface area (Å²) in [6, 6.07) is 3.99. The first-order chi connectivity index (χ1) is 7.35. The molecule has 0 atom stereocenters. The summed E-state index contributed by atoms with van der Waals surface area (Å²) in [7, 11) is 0. The number of thiophene rings is 1. The fourth-order valence-corrected chi connectivity index (χ4v) is 2.11. The SMILES string of the molecule is NCc1cc(-c2ccsc2)nn1CCO. The Hall–Kier alpha value is -1.17. The van der Waals surface area contributed by atoms with Crippen LogP contribution in [-0.4, -0.2) is 21.5 Å². The highest BCUT2D eigenvalue weighted by atomic mass is 32.1. The van der Waals surface area contributed by atoms with Crippen molar-refractivity contribution in [2.75, 3.05) is 6.61 Å². The lowest BCUT2D eigenvalue weighted by atomic mass is 10.2. The lowest BCUT2D eigenvalue weighted by Crippen LogP contribution is -2.10. The predicted octanol–water partition coefficient (Wildman–Crippen LogP) is 1.06. The molecule has 0 aliphatic carbocycles. The molecule has 2 aromatic heterocycles. The summed E-state index contributed by atoms with van der Waals surface area (Å²) in [6.07, 6.45) is 0. The average Bonchev–Trinajstić information content (AvgIpc) is 2.84. The van der Waals surface area contributed by atoms with Crippen molar-refractivity contribution < 1.29 is 5.11 Å². The number of nitrogens with two attached hydrogens (primary N) is 1. The van der Waals surface area contributed by atoms with Crippen LogP contribution in [0.3, 0.4) is 0 Å². The second-order valence-electron chi connectivity index (χ2n) is 3.18. The second-order valence-corrected chi connectivity index (χ2v) is 3.96.